The van der Waals surface area contributed by atoms with Gasteiger partial charge >= 0.3 is 0 Å². The van der Waals surface area contributed by atoms with Crippen molar-refractivity contribution in [3.63, 3.8) is 0 Å². The van der Waals surface area contributed by atoms with Crippen molar-refractivity contribution < 1.29 is 9.59 Å². The first-order valence-corrected chi connectivity index (χ1v) is 19.0. The number of thioether (sulfide) groups is 8. The van der Waals surface area contributed by atoms with Crippen molar-refractivity contribution in [1.29, 1.82) is 0 Å². The van der Waals surface area contributed by atoms with Gasteiger partial charge in [-0.2, -0.15) is 23.5 Å². The van der Waals surface area contributed by atoms with Crippen molar-refractivity contribution in [1.82, 2.24) is 0 Å². The Morgan fingerprint density at radius 1 is 0.833 bits per heavy atom. The number of benzene rings is 1. The third kappa shape index (κ3) is 10.1. The van der Waals surface area contributed by atoms with Gasteiger partial charge in [0.25, 0.3) is 0 Å². The van der Waals surface area contributed by atoms with E-state index in [1.54, 1.807) is 0 Å². The number of carbonyl (C=O) groups is 2. The summed E-state index contributed by atoms with van der Waals surface area (Å²) in [5.74, 6) is 3.64. The molecule has 0 saturated heterocycles. The maximum atomic E-state index is 11.5. The van der Waals surface area contributed by atoms with E-state index in [0.717, 1.165) is 23.0 Å². The summed E-state index contributed by atoms with van der Waals surface area (Å²) < 4.78 is 1.01. The van der Waals surface area contributed by atoms with Gasteiger partial charge in [-0.15, -0.1) is 47.0 Å². The summed E-state index contributed by atoms with van der Waals surface area (Å²) in [6.07, 6.45) is 2.77. The van der Waals surface area contributed by atoms with Gasteiger partial charge in [0.05, 0.1) is 9.16 Å². The van der Waals surface area contributed by atoms with Gasteiger partial charge < -0.3 is 0 Å². The van der Waals surface area contributed by atoms with Crippen molar-refractivity contribution in [2.24, 2.45) is 0 Å². The average molecular weight is 631 g/mol. The number of hydrogen-bond donors (Lipinski definition) is 0. The van der Waals surface area contributed by atoms with E-state index in [4.69, 9.17) is 0 Å². The predicted molar refractivity (Wildman–Crippen MR) is 178 cm³/mol. The lowest BCUT2D eigenvalue weighted by Crippen LogP contribution is -2.05. The molecule has 0 bridgehead atoms. The molecule has 0 fully saturated rings. The molecule has 0 spiro atoms. The highest BCUT2D eigenvalue weighted by Crippen LogP contribution is 2.47. The van der Waals surface area contributed by atoms with E-state index in [2.05, 4.69) is 62.1 Å². The van der Waals surface area contributed by atoms with Gasteiger partial charge in [-0.05, 0) is 47.9 Å². The lowest BCUT2D eigenvalue weighted by atomic mass is 10.0. The third-order valence-corrected chi connectivity index (χ3v) is 16.0. The van der Waals surface area contributed by atoms with Gasteiger partial charge in [0.15, 0.2) is 0 Å². The molecule has 2 aliphatic heterocycles. The lowest BCUT2D eigenvalue weighted by molar-refractivity contribution is -0.107. The van der Waals surface area contributed by atoms with E-state index < -0.39 is 0 Å². The Bertz CT molecular complexity index is 926. The largest absolute Gasteiger partial charge is 0.282 e. The van der Waals surface area contributed by atoms with E-state index in [9.17, 15) is 9.59 Å². The van der Waals surface area contributed by atoms with Gasteiger partial charge in [-0.3, -0.25) is 9.59 Å². The Hall–Kier alpha value is 0.320. The number of rotatable bonds is 14. The molecule has 4 unspecified atom stereocenters. The quantitative estimate of drug-likeness (QED) is 0.185. The summed E-state index contributed by atoms with van der Waals surface area (Å²) in [5, 5.41) is 5.36. The zero-order valence-electron chi connectivity index (χ0n) is 20.3. The van der Waals surface area contributed by atoms with Crippen LogP contribution < -0.4 is 0 Å². The van der Waals surface area contributed by atoms with Crippen LogP contribution >= 0.6 is 94.1 Å². The van der Waals surface area contributed by atoms with Crippen LogP contribution in [0, 0.1) is 0 Å². The maximum absolute atomic E-state index is 11.5. The van der Waals surface area contributed by atoms with E-state index in [0.29, 0.717) is 19.7 Å². The van der Waals surface area contributed by atoms with Crippen LogP contribution in [0.5, 0.6) is 0 Å². The standard InChI is InChI=1S/C26H30O2S8/c1-5-23(27)31-11-19-13-33-25(35-19)15-29-17(3)21-9-7-8-10-22(21)18(4)30-16-26-34-14-20(36-26)12-32-24(28)6-2/h5-10,13-14,17-18,25-26H,1-2,11-12,15-16H2,3-4H3. The molecule has 0 aromatic heterocycles. The van der Waals surface area contributed by atoms with Crippen LogP contribution in [0.2, 0.25) is 0 Å². The fourth-order valence-corrected chi connectivity index (χ4v) is 12.9. The van der Waals surface area contributed by atoms with E-state index in [-0.39, 0.29) is 10.2 Å². The zero-order chi connectivity index (χ0) is 25.9. The number of hydrogen-bond acceptors (Lipinski definition) is 10. The third-order valence-electron chi connectivity index (χ3n) is 5.15. The second-order valence-electron chi connectivity index (χ2n) is 7.74. The Balaban J connectivity index is 1.43. The minimum Gasteiger partial charge on any atom is -0.282 e. The predicted octanol–water partition coefficient (Wildman–Crippen LogP) is 9.46. The molecule has 0 radical (unpaired) electrons. The summed E-state index contributed by atoms with van der Waals surface area (Å²) in [4.78, 5) is 25.5. The Morgan fingerprint density at radius 3 is 1.64 bits per heavy atom. The molecular formula is C26H30O2S8. The molecule has 2 heterocycles. The van der Waals surface area contributed by atoms with Crippen LogP contribution in [0.1, 0.15) is 35.5 Å². The second kappa shape index (κ2) is 16.4. The van der Waals surface area contributed by atoms with Crippen LogP contribution in [0.25, 0.3) is 0 Å². The molecule has 1 aromatic rings. The summed E-state index contributed by atoms with van der Waals surface area (Å²) in [7, 11) is 0. The van der Waals surface area contributed by atoms with Crippen LogP contribution in [-0.4, -0.2) is 42.4 Å². The summed E-state index contributed by atoms with van der Waals surface area (Å²) in [6, 6.07) is 8.88. The fraction of sp³-hybridized carbons (Fsp3) is 0.385. The fourth-order valence-electron chi connectivity index (χ4n) is 3.31. The van der Waals surface area contributed by atoms with Crippen LogP contribution in [0.4, 0.5) is 0 Å². The highest BCUT2D eigenvalue weighted by Gasteiger charge is 2.24. The van der Waals surface area contributed by atoms with Gasteiger partial charge in [0.2, 0.25) is 10.2 Å². The Labute approximate surface area is 249 Å². The van der Waals surface area contributed by atoms with Crippen molar-refractivity contribution in [3.8, 4) is 0 Å². The maximum Gasteiger partial charge on any atom is 0.211 e. The zero-order valence-corrected chi connectivity index (χ0v) is 26.8. The molecule has 0 amide bonds. The molecule has 0 saturated carbocycles. The van der Waals surface area contributed by atoms with Crippen LogP contribution in [-0.2, 0) is 9.59 Å². The molecule has 4 atom stereocenters. The number of carbonyl (C=O) groups excluding carboxylic acids is 2. The van der Waals surface area contributed by atoms with E-state index >= 15 is 0 Å². The molecule has 0 aliphatic carbocycles. The van der Waals surface area contributed by atoms with Gasteiger partial charge in [0.1, 0.15) is 0 Å². The topological polar surface area (TPSA) is 34.1 Å². The molecule has 3 rings (SSSR count). The highest BCUT2D eigenvalue weighted by atomic mass is 32.2. The first kappa shape index (κ1) is 30.9. The molecule has 10 heteroatoms. The highest BCUT2D eigenvalue weighted by molar-refractivity contribution is 8.25. The van der Waals surface area contributed by atoms with Crippen molar-refractivity contribution in [2.75, 3.05) is 23.0 Å². The molecule has 194 valence electrons. The Kier molecular flexibility index (Phi) is 14.1. The summed E-state index contributed by atoms with van der Waals surface area (Å²) in [6.45, 7) is 11.7. The smallest absolute Gasteiger partial charge is 0.211 e. The van der Waals surface area contributed by atoms with Gasteiger partial charge in [0, 0.05) is 43.3 Å². The Morgan fingerprint density at radius 2 is 1.25 bits per heavy atom. The molecule has 0 N–H and O–H groups in total. The SMILES string of the molecule is C=CC(=O)SCC1=CSC(CSC(C)c2ccccc2C(C)SCC2SC=C(CSC(=O)C=C)S2)S1. The van der Waals surface area contributed by atoms with E-state index in [1.165, 1.54) is 56.6 Å². The van der Waals surface area contributed by atoms with Gasteiger partial charge in [-0.1, -0.05) is 60.9 Å². The van der Waals surface area contributed by atoms with E-state index in [1.807, 2.05) is 70.6 Å². The average Bonchev–Trinajstić information content (AvgIpc) is 3.56. The van der Waals surface area contributed by atoms with Crippen molar-refractivity contribution in [3.05, 3.63) is 81.3 Å². The van der Waals surface area contributed by atoms with Crippen LogP contribution in [0.15, 0.2) is 70.2 Å². The summed E-state index contributed by atoms with van der Waals surface area (Å²) >= 11 is 14.2. The van der Waals surface area contributed by atoms with Crippen molar-refractivity contribution >= 4 is 104 Å². The minimum absolute atomic E-state index is 0.0392. The van der Waals surface area contributed by atoms with Gasteiger partial charge in [-0.25, -0.2) is 0 Å². The van der Waals surface area contributed by atoms with Crippen molar-refractivity contribution in [2.45, 2.75) is 33.5 Å². The van der Waals surface area contributed by atoms with Crippen LogP contribution in [0.3, 0.4) is 0 Å². The molecular weight excluding hydrogens is 601 g/mol. The first-order chi connectivity index (χ1) is 17.4. The molecule has 1 aromatic carbocycles. The summed E-state index contributed by atoms with van der Waals surface area (Å²) in [5.41, 5.74) is 2.86. The minimum atomic E-state index is 0.0392. The second-order valence-corrected chi connectivity index (χ2v) is 17.9. The monoisotopic (exact) mass is 630 g/mol. The molecule has 36 heavy (non-hydrogen) atoms. The molecule has 2 aliphatic rings. The lowest BCUT2D eigenvalue weighted by Gasteiger charge is -2.22. The normalized spacial score (nSPS) is 20.9. The first-order valence-electron chi connectivity index (χ1n) is 11.3. The molecule has 2 nitrogen and oxygen atoms in total.